The molecule has 2 aromatic carbocycles. The van der Waals surface area contributed by atoms with Crippen LogP contribution in [-0.4, -0.2) is 48.4 Å². The minimum atomic E-state index is -4.31. The maximum atomic E-state index is 13.0. The first-order valence-electron chi connectivity index (χ1n) is 12.1. The van der Waals surface area contributed by atoms with E-state index in [1.807, 2.05) is 15.9 Å². The highest BCUT2D eigenvalue weighted by Gasteiger charge is 2.31. The molecule has 0 atom stereocenters. The van der Waals surface area contributed by atoms with E-state index in [1.165, 1.54) is 23.3 Å². The van der Waals surface area contributed by atoms with Crippen LogP contribution >= 0.6 is 0 Å². The number of carbonyl (C=O) groups excluding carboxylic acids is 1. The zero-order chi connectivity index (χ0) is 24.1. The van der Waals surface area contributed by atoms with Crippen molar-refractivity contribution in [3.05, 3.63) is 64.7 Å². The number of anilines is 1. The van der Waals surface area contributed by atoms with E-state index in [-0.39, 0.29) is 5.91 Å². The first kappa shape index (κ1) is 24.5. The van der Waals surface area contributed by atoms with E-state index in [4.69, 9.17) is 5.73 Å². The van der Waals surface area contributed by atoms with E-state index < -0.39 is 11.7 Å². The van der Waals surface area contributed by atoms with Gasteiger partial charge in [-0.2, -0.15) is 13.2 Å². The van der Waals surface area contributed by atoms with Crippen molar-refractivity contribution in [3.8, 4) is 0 Å². The Hall–Kier alpha value is -2.58. The summed E-state index contributed by atoms with van der Waals surface area (Å²) in [5.74, 6) is 0.209. The number of alkyl halides is 3. The molecule has 4 rings (SSSR count). The first-order chi connectivity index (χ1) is 16.3. The molecule has 0 spiro atoms. The zero-order valence-corrected chi connectivity index (χ0v) is 19.5. The zero-order valence-electron chi connectivity index (χ0n) is 19.5. The third-order valence-electron chi connectivity index (χ3n) is 6.86. The molecule has 2 heterocycles. The Bertz CT molecular complexity index is 986. The van der Waals surface area contributed by atoms with E-state index in [0.717, 1.165) is 63.6 Å². The Balaban J connectivity index is 1.12. The van der Waals surface area contributed by atoms with Gasteiger partial charge in [0.05, 0.1) is 5.56 Å². The Morgan fingerprint density at radius 1 is 0.912 bits per heavy atom. The van der Waals surface area contributed by atoms with Crippen LogP contribution in [-0.2, 0) is 30.6 Å². The van der Waals surface area contributed by atoms with Crippen LogP contribution in [0, 0.1) is 0 Å². The second kappa shape index (κ2) is 10.8. The number of benzene rings is 2. The fraction of sp³-hybridized carbons (Fsp3) is 0.500. The average molecular weight is 475 g/mol. The molecule has 2 aliphatic heterocycles. The van der Waals surface area contributed by atoms with E-state index in [2.05, 4.69) is 17.0 Å². The number of unbranched alkanes of at least 4 members (excludes halogenated alkanes) is 2. The fourth-order valence-corrected chi connectivity index (χ4v) is 4.81. The number of halogens is 3. The minimum absolute atomic E-state index is 0.209. The van der Waals surface area contributed by atoms with Gasteiger partial charge in [0.2, 0.25) is 5.91 Å². The predicted molar refractivity (Wildman–Crippen MR) is 127 cm³/mol. The van der Waals surface area contributed by atoms with Crippen molar-refractivity contribution in [3.63, 3.8) is 0 Å². The topological polar surface area (TPSA) is 52.8 Å². The van der Waals surface area contributed by atoms with Gasteiger partial charge in [-0.05, 0) is 54.3 Å². The lowest BCUT2D eigenvalue weighted by Gasteiger charge is -2.36. The highest BCUT2D eigenvalue weighted by Crippen LogP contribution is 2.32. The van der Waals surface area contributed by atoms with Crippen molar-refractivity contribution in [1.82, 2.24) is 9.80 Å². The van der Waals surface area contributed by atoms with E-state index in [1.54, 1.807) is 6.07 Å². The van der Waals surface area contributed by atoms with Gasteiger partial charge >= 0.3 is 6.18 Å². The molecule has 5 nitrogen and oxygen atoms in total. The predicted octanol–water partition coefficient (Wildman–Crippen LogP) is 4.39. The minimum Gasteiger partial charge on any atom is -0.369 e. The number of piperazine rings is 1. The largest absolute Gasteiger partial charge is 0.416 e. The number of nitrogens with two attached hydrogens (primary N) is 1. The van der Waals surface area contributed by atoms with Gasteiger partial charge in [-0.15, -0.1) is 0 Å². The summed E-state index contributed by atoms with van der Waals surface area (Å²) in [6, 6.07) is 11.8. The van der Waals surface area contributed by atoms with Crippen LogP contribution in [0.15, 0.2) is 42.5 Å². The quantitative estimate of drug-likeness (QED) is 0.577. The fourth-order valence-electron chi connectivity index (χ4n) is 4.81. The van der Waals surface area contributed by atoms with Gasteiger partial charge in [0.1, 0.15) is 0 Å². The van der Waals surface area contributed by atoms with Crippen LogP contribution in [0.1, 0.15) is 47.9 Å². The molecular formula is C26H33F3N4O. The highest BCUT2D eigenvalue weighted by molar-refractivity contribution is 5.77. The summed E-state index contributed by atoms with van der Waals surface area (Å²) in [4.78, 5) is 18.9. The standard InChI is InChI=1S/C26H33F3N4O/c27-26(28,29)23-5-4-6-24(16-23)32-13-11-31(12-14-32)10-3-1-2-7-25(34)33-18-21-9-8-20(17-30)15-22(21)19-33/h4-6,8-9,15-16H,1-3,7,10-14,17-19,30H2. The maximum Gasteiger partial charge on any atom is 0.416 e. The highest BCUT2D eigenvalue weighted by atomic mass is 19.4. The van der Waals surface area contributed by atoms with Crippen LogP contribution in [0.5, 0.6) is 0 Å². The molecule has 184 valence electrons. The molecular weight excluding hydrogens is 441 g/mol. The number of amides is 1. The number of rotatable bonds is 8. The van der Waals surface area contributed by atoms with Gasteiger partial charge in [-0.3, -0.25) is 9.69 Å². The van der Waals surface area contributed by atoms with Crippen LogP contribution in [0.2, 0.25) is 0 Å². The number of hydrogen-bond donors (Lipinski definition) is 1. The molecule has 0 unspecified atom stereocenters. The molecule has 1 amide bonds. The molecule has 0 bridgehead atoms. The summed E-state index contributed by atoms with van der Waals surface area (Å²) >= 11 is 0. The molecule has 0 saturated carbocycles. The molecule has 0 aromatic heterocycles. The van der Waals surface area contributed by atoms with Gasteiger partial charge in [-0.25, -0.2) is 0 Å². The molecule has 34 heavy (non-hydrogen) atoms. The van der Waals surface area contributed by atoms with Crippen molar-refractivity contribution < 1.29 is 18.0 Å². The lowest BCUT2D eigenvalue weighted by atomic mass is 10.1. The van der Waals surface area contributed by atoms with Gasteiger partial charge < -0.3 is 15.5 Å². The summed E-state index contributed by atoms with van der Waals surface area (Å²) in [6.45, 7) is 5.97. The third kappa shape index (κ3) is 6.10. The number of nitrogens with zero attached hydrogens (tertiary/aromatic N) is 3. The lowest BCUT2D eigenvalue weighted by molar-refractivity contribution is -0.137. The van der Waals surface area contributed by atoms with Crippen LogP contribution < -0.4 is 10.6 Å². The Kier molecular flexibility index (Phi) is 7.78. The van der Waals surface area contributed by atoms with E-state index in [9.17, 15) is 18.0 Å². The Morgan fingerprint density at radius 3 is 2.41 bits per heavy atom. The van der Waals surface area contributed by atoms with Gasteiger partial charge in [0.15, 0.2) is 0 Å². The third-order valence-corrected chi connectivity index (χ3v) is 6.86. The molecule has 0 aliphatic carbocycles. The summed E-state index contributed by atoms with van der Waals surface area (Å²) < 4.78 is 38.9. The van der Waals surface area contributed by atoms with Crippen molar-refractivity contribution in [2.75, 3.05) is 37.6 Å². The van der Waals surface area contributed by atoms with Crippen molar-refractivity contribution in [2.24, 2.45) is 5.73 Å². The average Bonchev–Trinajstić information content (AvgIpc) is 3.27. The molecule has 2 aliphatic rings. The summed E-state index contributed by atoms with van der Waals surface area (Å²) in [5, 5.41) is 0. The van der Waals surface area contributed by atoms with Crippen LogP contribution in [0.25, 0.3) is 0 Å². The Morgan fingerprint density at radius 2 is 1.68 bits per heavy atom. The SMILES string of the molecule is NCc1ccc2c(c1)CN(C(=O)CCCCCN1CCN(c3cccc(C(F)(F)F)c3)CC1)C2. The number of fused-ring (bicyclic) bond motifs is 1. The molecule has 0 radical (unpaired) electrons. The smallest absolute Gasteiger partial charge is 0.369 e. The molecule has 1 saturated heterocycles. The molecule has 8 heteroatoms. The number of carbonyl (C=O) groups is 1. The first-order valence-corrected chi connectivity index (χ1v) is 12.1. The second-order valence-corrected chi connectivity index (χ2v) is 9.24. The van der Waals surface area contributed by atoms with Gasteiger partial charge in [0, 0.05) is 57.9 Å². The van der Waals surface area contributed by atoms with Gasteiger partial charge in [-0.1, -0.05) is 30.7 Å². The van der Waals surface area contributed by atoms with Crippen molar-refractivity contribution >= 4 is 11.6 Å². The van der Waals surface area contributed by atoms with Crippen LogP contribution in [0.3, 0.4) is 0 Å². The normalized spacial score (nSPS) is 16.7. The van der Waals surface area contributed by atoms with Gasteiger partial charge in [0.25, 0.3) is 0 Å². The molecule has 2 N–H and O–H groups in total. The second-order valence-electron chi connectivity index (χ2n) is 9.24. The number of hydrogen-bond acceptors (Lipinski definition) is 4. The van der Waals surface area contributed by atoms with E-state index in [0.29, 0.717) is 31.7 Å². The summed E-state index contributed by atoms with van der Waals surface area (Å²) in [6.07, 6.45) is -0.842. The maximum absolute atomic E-state index is 13.0. The molecule has 1 fully saturated rings. The van der Waals surface area contributed by atoms with Crippen molar-refractivity contribution in [2.45, 2.75) is 51.5 Å². The van der Waals surface area contributed by atoms with Crippen LogP contribution in [0.4, 0.5) is 18.9 Å². The Labute approximate surface area is 199 Å². The summed E-state index contributed by atoms with van der Waals surface area (Å²) in [7, 11) is 0. The lowest BCUT2D eigenvalue weighted by Crippen LogP contribution is -2.46. The molecule has 2 aromatic rings. The summed E-state index contributed by atoms with van der Waals surface area (Å²) in [5.41, 5.74) is 9.28. The monoisotopic (exact) mass is 474 g/mol. The van der Waals surface area contributed by atoms with E-state index >= 15 is 0 Å². The van der Waals surface area contributed by atoms with Crippen molar-refractivity contribution in [1.29, 1.82) is 0 Å².